The van der Waals surface area contributed by atoms with Gasteiger partial charge >= 0.3 is 0 Å². The number of anilines is 2. The lowest BCUT2D eigenvalue weighted by molar-refractivity contribution is 1.15. The van der Waals surface area contributed by atoms with Gasteiger partial charge in [-0.2, -0.15) is 11.8 Å². The number of rotatable bonds is 6. The first-order chi connectivity index (χ1) is 8.88. The van der Waals surface area contributed by atoms with E-state index in [1.165, 1.54) is 5.56 Å². The van der Waals surface area contributed by atoms with Crippen LogP contribution >= 0.6 is 11.8 Å². The first-order valence-electron chi connectivity index (χ1n) is 5.93. The smallest absolute Gasteiger partial charge is 0.130 e. The third kappa shape index (κ3) is 4.05. The van der Waals surface area contributed by atoms with E-state index < -0.39 is 0 Å². The number of benzene rings is 1. The van der Waals surface area contributed by atoms with E-state index in [1.54, 1.807) is 0 Å². The summed E-state index contributed by atoms with van der Waals surface area (Å²) in [6.07, 6.45) is 1.91. The molecule has 0 saturated heterocycles. The van der Waals surface area contributed by atoms with Gasteiger partial charge in [-0.05, 0) is 23.8 Å². The summed E-state index contributed by atoms with van der Waals surface area (Å²) in [7, 11) is 0. The quantitative estimate of drug-likeness (QED) is 0.783. The summed E-state index contributed by atoms with van der Waals surface area (Å²) in [5.74, 6) is 2.83. The fraction of sp³-hybridized carbons (Fsp3) is 0.214. The lowest BCUT2D eigenvalue weighted by Gasteiger charge is -2.06. The lowest BCUT2D eigenvalue weighted by Crippen LogP contribution is -2.01. The number of nitrogens with zero attached hydrogens (tertiary/aromatic N) is 1. The molecule has 3 N–H and O–H groups in total. The molecule has 0 aliphatic rings. The molecule has 0 atom stereocenters. The van der Waals surface area contributed by atoms with Crippen LogP contribution in [0.2, 0.25) is 0 Å². The summed E-state index contributed by atoms with van der Waals surface area (Å²) in [6, 6.07) is 14.1. The summed E-state index contributed by atoms with van der Waals surface area (Å²) in [4.78, 5) is 4.40. The highest BCUT2D eigenvalue weighted by Crippen LogP contribution is 2.16. The topological polar surface area (TPSA) is 50.9 Å². The van der Waals surface area contributed by atoms with Gasteiger partial charge in [-0.1, -0.05) is 24.3 Å². The largest absolute Gasteiger partial charge is 0.340 e. The van der Waals surface area contributed by atoms with Crippen LogP contribution in [0.25, 0.3) is 0 Å². The fourth-order valence-electron chi connectivity index (χ4n) is 1.53. The van der Waals surface area contributed by atoms with Crippen LogP contribution in [-0.2, 0) is 5.75 Å². The van der Waals surface area contributed by atoms with Crippen molar-refractivity contribution in [1.29, 1.82) is 0 Å². The molecule has 0 aliphatic heterocycles. The summed E-state index contributed by atoms with van der Waals surface area (Å²) < 4.78 is 0. The maximum absolute atomic E-state index is 5.46. The molecule has 2 rings (SSSR count). The van der Waals surface area contributed by atoms with Crippen molar-refractivity contribution >= 4 is 23.3 Å². The van der Waals surface area contributed by atoms with Crippen LogP contribution in [0.1, 0.15) is 5.56 Å². The van der Waals surface area contributed by atoms with E-state index >= 15 is 0 Å². The van der Waals surface area contributed by atoms with Crippen molar-refractivity contribution in [3.8, 4) is 0 Å². The second-order valence-electron chi connectivity index (χ2n) is 3.88. The molecule has 0 bridgehead atoms. The molecule has 1 aromatic heterocycles. The molecule has 1 heterocycles. The molecule has 3 nitrogen and oxygen atoms in total. The highest BCUT2D eigenvalue weighted by Gasteiger charge is 1.97. The Balaban J connectivity index is 1.91. The Morgan fingerprint density at radius 3 is 2.61 bits per heavy atom. The van der Waals surface area contributed by atoms with E-state index in [0.29, 0.717) is 0 Å². The Hall–Kier alpha value is -1.52. The normalized spacial score (nSPS) is 10.3. The molecule has 1 aromatic carbocycles. The van der Waals surface area contributed by atoms with Crippen LogP contribution in [-0.4, -0.2) is 17.3 Å². The number of hydrogen-bond acceptors (Lipinski definition) is 4. The van der Waals surface area contributed by atoms with Gasteiger partial charge in [0.15, 0.2) is 0 Å². The van der Waals surface area contributed by atoms with Crippen molar-refractivity contribution in [2.45, 2.75) is 5.75 Å². The number of para-hydroxylation sites is 1. The van der Waals surface area contributed by atoms with Crippen LogP contribution in [0.5, 0.6) is 0 Å². The molecule has 0 unspecified atom stereocenters. The minimum Gasteiger partial charge on any atom is -0.340 e. The van der Waals surface area contributed by atoms with Crippen molar-refractivity contribution in [3.63, 3.8) is 0 Å². The summed E-state index contributed by atoms with van der Waals surface area (Å²) in [5.41, 5.74) is 7.74. The average molecular weight is 259 g/mol. The maximum atomic E-state index is 5.46. The molecular formula is C14H17N3S. The Bertz CT molecular complexity index is 456. The van der Waals surface area contributed by atoms with E-state index in [4.69, 9.17) is 5.73 Å². The molecular weight excluding hydrogens is 242 g/mol. The number of hydrogen-bond donors (Lipinski definition) is 2. The van der Waals surface area contributed by atoms with E-state index in [2.05, 4.69) is 16.4 Å². The minimum atomic E-state index is 0.728. The summed E-state index contributed by atoms with van der Waals surface area (Å²) >= 11 is 1.83. The van der Waals surface area contributed by atoms with Gasteiger partial charge in [0.2, 0.25) is 0 Å². The van der Waals surface area contributed by atoms with Crippen LogP contribution in [0.15, 0.2) is 48.7 Å². The van der Waals surface area contributed by atoms with Gasteiger partial charge in [0.1, 0.15) is 5.82 Å². The van der Waals surface area contributed by atoms with Crippen molar-refractivity contribution in [3.05, 3.63) is 54.2 Å². The van der Waals surface area contributed by atoms with Gasteiger partial charge in [-0.3, -0.25) is 0 Å². The molecule has 0 radical (unpaired) electrons. The molecule has 0 aliphatic carbocycles. The Morgan fingerprint density at radius 1 is 1.11 bits per heavy atom. The number of pyridine rings is 1. The molecule has 2 aromatic rings. The average Bonchev–Trinajstić information content (AvgIpc) is 2.42. The zero-order chi connectivity index (χ0) is 12.6. The molecule has 0 spiro atoms. The predicted octanol–water partition coefficient (Wildman–Crippen LogP) is 3.02. The molecule has 0 fully saturated rings. The fourth-order valence-corrected chi connectivity index (χ4v) is 2.24. The summed E-state index contributed by atoms with van der Waals surface area (Å²) in [5, 5.41) is 3.26. The lowest BCUT2D eigenvalue weighted by atomic mass is 10.3. The van der Waals surface area contributed by atoms with Gasteiger partial charge in [-0.15, -0.1) is 0 Å². The van der Waals surface area contributed by atoms with Crippen molar-refractivity contribution in [2.75, 3.05) is 17.6 Å². The molecule has 4 heteroatoms. The maximum Gasteiger partial charge on any atom is 0.130 e. The van der Waals surface area contributed by atoms with Crippen LogP contribution < -0.4 is 11.1 Å². The Morgan fingerprint density at radius 2 is 1.94 bits per heavy atom. The highest BCUT2D eigenvalue weighted by atomic mass is 32.2. The zero-order valence-electron chi connectivity index (χ0n) is 10.2. The van der Waals surface area contributed by atoms with Crippen molar-refractivity contribution in [1.82, 2.24) is 4.98 Å². The Kier molecular flexibility index (Phi) is 5.05. The van der Waals surface area contributed by atoms with Crippen LogP contribution in [0.3, 0.4) is 0 Å². The monoisotopic (exact) mass is 259 g/mol. The third-order valence-corrected chi connectivity index (χ3v) is 3.46. The number of nitrogens with one attached hydrogen (secondary N) is 1. The minimum absolute atomic E-state index is 0.728. The SMILES string of the molecule is NCCSCc1ccc(Nc2ccccc2)nc1. The second-order valence-corrected chi connectivity index (χ2v) is 4.99. The molecule has 18 heavy (non-hydrogen) atoms. The number of thioether (sulfide) groups is 1. The predicted molar refractivity (Wildman–Crippen MR) is 79.2 cm³/mol. The van der Waals surface area contributed by atoms with Gasteiger partial charge in [0.25, 0.3) is 0 Å². The number of nitrogens with two attached hydrogens (primary N) is 1. The zero-order valence-corrected chi connectivity index (χ0v) is 11.0. The molecule has 0 saturated carbocycles. The van der Waals surface area contributed by atoms with E-state index in [0.717, 1.165) is 29.6 Å². The Labute approximate surface area is 112 Å². The molecule has 94 valence electrons. The van der Waals surface area contributed by atoms with Crippen LogP contribution in [0, 0.1) is 0 Å². The number of aromatic nitrogens is 1. The van der Waals surface area contributed by atoms with Gasteiger partial charge in [0.05, 0.1) is 0 Å². The van der Waals surface area contributed by atoms with Crippen molar-refractivity contribution in [2.24, 2.45) is 5.73 Å². The van der Waals surface area contributed by atoms with Gasteiger partial charge in [0, 0.05) is 29.9 Å². The van der Waals surface area contributed by atoms with E-state index in [-0.39, 0.29) is 0 Å². The first-order valence-corrected chi connectivity index (χ1v) is 7.09. The van der Waals surface area contributed by atoms with Gasteiger partial charge in [-0.25, -0.2) is 4.98 Å². The first kappa shape index (κ1) is 12.9. The third-order valence-electron chi connectivity index (χ3n) is 2.40. The van der Waals surface area contributed by atoms with Crippen LogP contribution in [0.4, 0.5) is 11.5 Å². The van der Waals surface area contributed by atoms with Gasteiger partial charge < -0.3 is 11.1 Å². The second kappa shape index (κ2) is 7.03. The van der Waals surface area contributed by atoms with E-state index in [9.17, 15) is 0 Å². The summed E-state index contributed by atoms with van der Waals surface area (Å²) in [6.45, 7) is 0.728. The van der Waals surface area contributed by atoms with Crippen molar-refractivity contribution < 1.29 is 0 Å². The standard InChI is InChI=1S/C14H17N3S/c15-8-9-18-11-12-6-7-14(16-10-12)17-13-4-2-1-3-5-13/h1-7,10H,8-9,11,15H2,(H,16,17). The molecule has 0 amide bonds. The van der Waals surface area contributed by atoms with E-state index in [1.807, 2.05) is 54.4 Å². The highest BCUT2D eigenvalue weighted by molar-refractivity contribution is 7.98.